The zero-order valence-corrected chi connectivity index (χ0v) is 13.7. The molecule has 6 nitrogen and oxygen atoms in total. The lowest BCUT2D eigenvalue weighted by Gasteiger charge is -2.19. The first-order chi connectivity index (χ1) is 10.6. The second-order valence-corrected chi connectivity index (χ2v) is 6.89. The highest BCUT2D eigenvalue weighted by Crippen LogP contribution is 2.25. The molecule has 3 rings (SSSR count). The Balaban J connectivity index is 1.74. The quantitative estimate of drug-likeness (QED) is 0.802. The molecule has 0 unspecified atom stereocenters. The maximum absolute atomic E-state index is 12.4. The summed E-state index contributed by atoms with van der Waals surface area (Å²) in [6.07, 6.45) is 2.18. The average Bonchev–Trinajstić information content (AvgIpc) is 3.18. The topological polar surface area (TPSA) is 63.9 Å². The molecule has 1 aromatic heterocycles. The van der Waals surface area contributed by atoms with Gasteiger partial charge in [-0.05, 0) is 54.5 Å². The van der Waals surface area contributed by atoms with Crippen LogP contribution in [0.5, 0.6) is 0 Å². The third-order valence-electron chi connectivity index (χ3n) is 3.56. The molecule has 0 N–H and O–H groups in total. The fourth-order valence-corrected chi connectivity index (χ4v) is 3.42. The predicted molar refractivity (Wildman–Crippen MR) is 85.3 cm³/mol. The highest BCUT2D eigenvalue weighted by Gasteiger charge is 2.25. The molecule has 1 aliphatic rings. The maximum Gasteiger partial charge on any atom is 0.235 e. The average molecular weight is 338 g/mol. The number of thioether (sulfide) groups is 1. The van der Waals surface area contributed by atoms with E-state index in [-0.39, 0.29) is 11.2 Å². The first kappa shape index (κ1) is 15.3. The number of benzene rings is 1. The van der Waals surface area contributed by atoms with Gasteiger partial charge < -0.3 is 4.90 Å². The van der Waals surface area contributed by atoms with Gasteiger partial charge in [0.1, 0.15) is 0 Å². The van der Waals surface area contributed by atoms with Crippen LogP contribution in [-0.2, 0) is 4.79 Å². The SMILES string of the molecule is C[C@@H](Sc1nnnn1-c1ccc(Cl)cc1)C(=O)N1CCCC1. The minimum absolute atomic E-state index is 0.146. The molecule has 116 valence electrons. The number of amides is 1. The third kappa shape index (κ3) is 3.25. The smallest absolute Gasteiger partial charge is 0.235 e. The van der Waals surface area contributed by atoms with E-state index >= 15 is 0 Å². The van der Waals surface area contributed by atoms with E-state index in [1.54, 1.807) is 16.8 Å². The van der Waals surface area contributed by atoms with Crippen LogP contribution in [0.4, 0.5) is 0 Å². The van der Waals surface area contributed by atoms with Crippen molar-refractivity contribution < 1.29 is 4.79 Å². The molecule has 22 heavy (non-hydrogen) atoms. The van der Waals surface area contributed by atoms with E-state index in [1.807, 2.05) is 24.0 Å². The summed E-state index contributed by atoms with van der Waals surface area (Å²) in [5.74, 6) is 0.146. The van der Waals surface area contributed by atoms with Gasteiger partial charge in [-0.3, -0.25) is 4.79 Å². The Kier molecular flexibility index (Phi) is 4.63. The molecule has 1 aliphatic heterocycles. The number of carbonyl (C=O) groups excluding carboxylic acids is 1. The number of hydrogen-bond acceptors (Lipinski definition) is 5. The van der Waals surface area contributed by atoms with Crippen LogP contribution in [0, 0.1) is 0 Å². The summed E-state index contributed by atoms with van der Waals surface area (Å²) in [7, 11) is 0. The van der Waals surface area contributed by atoms with Gasteiger partial charge in [-0.1, -0.05) is 23.4 Å². The lowest BCUT2D eigenvalue weighted by molar-refractivity contribution is -0.129. The summed E-state index contributed by atoms with van der Waals surface area (Å²) in [5.41, 5.74) is 0.817. The number of aromatic nitrogens is 4. The van der Waals surface area contributed by atoms with Gasteiger partial charge in [0, 0.05) is 18.1 Å². The van der Waals surface area contributed by atoms with E-state index in [1.165, 1.54) is 11.8 Å². The minimum atomic E-state index is -0.213. The van der Waals surface area contributed by atoms with E-state index < -0.39 is 0 Å². The van der Waals surface area contributed by atoms with Gasteiger partial charge in [0.25, 0.3) is 0 Å². The molecule has 8 heteroatoms. The van der Waals surface area contributed by atoms with Crippen molar-refractivity contribution in [2.45, 2.75) is 30.2 Å². The minimum Gasteiger partial charge on any atom is -0.342 e. The van der Waals surface area contributed by atoms with Gasteiger partial charge in [-0.15, -0.1) is 5.10 Å². The molecule has 0 bridgehead atoms. The van der Waals surface area contributed by atoms with Crippen LogP contribution in [-0.4, -0.2) is 49.4 Å². The molecule has 1 atom stereocenters. The molecule has 1 amide bonds. The van der Waals surface area contributed by atoms with Crippen molar-refractivity contribution in [3.05, 3.63) is 29.3 Å². The second-order valence-electron chi connectivity index (χ2n) is 5.14. The maximum atomic E-state index is 12.4. The predicted octanol–water partition coefficient (Wildman–Crippen LogP) is 2.42. The van der Waals surface area contributed by atoms with Gasteiger partial charge >= 0.3 is 0 Å². The lowest BCUT2D eigenvalue weighted by Crippen LogP contribution is -2.34. The molecule has 0 saturated carbocycles. The Morgan fingerprint density at radius 2 is 1.95 bits per heavy atom. The van der Waals surface area contributed by atoms with E-state index in [0.29, 0.717) is 10.2 Å². The van der Waals surface area contributed by atoms with E-state index in [2.05, 4.69) is 15.5 Å². The molecule has 1 fully saturated rings. The summed E-state index contributed by atoms with van der Waals surface area (Å²) in [6.45, 7) is 3.60. The molecule has 1 aromatic carbocycles. The van der Waals surface area contributed by atoms with Crippen LogP contribution < -0.4 is 0 Å². The Labute approximate surface area is 137 Å². The molecule has 0 aliphatic carbocycles. The monoisotopic (exact) mass is 337 g/mol. The molecule has 0 spiro atoms. The highest BCUT2D eigenvalue weighted by molar-refractivity contribution is 8.00. The number of tetrazole rings is 1. The van der Waals surface area contributed by atoms with Crippen molar-refractivity contribution >= 4 is 29.3 Å². The van der Waals surface area contributed by atoms with Crippen molar-refractivity contribution in [3.63, 3.8) is 0 Å². The van der Waals surface area contributed by atoms with Crippen molar-refractivity contribution in [2.24, 2.45) is 0 Å². The number of halogens is 1. The number of likely N-dealkylation sites (tertiary alicyclic amines) is 1. The van der Waals surface area contributed by atoms with Gasteiger partial charge in [-0.25, -0.2) is 0 Å². The normalized spacial score (nSPS) is 16.0. The largest absolute Gasteiger partial charge is 0.342 e. The summed E-state index contributed by atoms with van der Waals surface area (Å²) in [4.78, 5) is 14.3. The van der Waals surface area contributed by atoms with Gasteiger partial charge in [0.2, 0.25) is 11.1 Å². The van der Waals surface area contributed by atoms with Crippen molar-refractivity contribution in [3.8, 4) is 5.69 Å². The van der Waals surface area contributed by atoms with Crippen LogP contribution in [0.2, 0.25) is 5.02 Å². The molecule has 2 heterocycles. The van der Waals surface area contributed by atoms with Gasteiger partial charge in [0.15, 0.2) is 0 Å². The fourth-order valence-electron chi connectivity index (χ4n) is 2.40. The van der Waals surface area contributed by atoms with E-state index in [9.17, 15) is 4.79 Å². The second kappa shape index (κ2) is 6.66. The summed E-state index contributed by atoms with van der Waals surface area (Å²) < 4.78 is 1.62. The van der Waals surface area contributed by atoms with Crippen molar-refractivity contribution in [2.75, 3.05) is 13.1 Å². The fraction of sp³-hybridized carbons (Fsp3) is 0.429. The van der Waals surface area contributed by atoms with Crippen molar-refractivity contribution in [1.29, 1.82) is 0 Å². The number of rotatable bonds is 4. The van der Waals surface area contributed by atoms with Crippen LogP contribution in [0.15, 0.2) is 29.4 Å². The molecule has 0 radical (unpaired) electrons. The number of carbonyl (C=O) groups is 1. The van der Waals surface area contributed by atoms with Crippen LogP contribution in [0.1, 0.15) is 19.8 Å². The first-order valence-electron chi connectivity index (χ1n) is 7.15. The molecule has 1 saturated heterocycles. The van der Waals surface area contributed by atoms with Crippen molar-refractivity contribution in [1.82, 2.24) is 25.1 Å². The van der Waals surface area contributed by atoms with E-state index in [0.717, 1.165) is 31.6 Å². The Hall–Kier alpha value is -1.60. The van der Waals surface area contributed by atoms with E-state index in [4.69, 9.17) is 11.6 Å². The zero-order valence-electron chi connectivity index (χ0n) is 12.1. The van der Waals surface area contributed by atoms with Crippen LogP contribution in [0.25, 0.3) is 5.69 Å². The number of hydrogen-bond donors (Lipinski definition) is 0. The summed E-state index contributed by atoms with van der Waals surface area (Å²) in [6, 6.07) is 7.25. The zero-order chi connectivity index (χ0) is 15.5. The van der Waals surface area contributed by atoms with Gasteiger partial charge in [-0.2, -0.15) is 4.68 Å². The van der Waals surface area contributed by atoms with Crippen LogP contribution >= 0.6 is 23.4 Å². The first-order valence-corrected chi connectivity index (χ1v) is 8.40. The lowest BCUT2D eigenvalue weighted by atomic mass is 10.3. The Bertz CT molecular complexity index is 654. The van der Waals surface area contributed by atoms with Crippen LogP contribution in [0.3, 0.4) is 0 Å². The Morgan fingerprint density at radius 1 is 1.27 bits per heavy atom. The third-order valence-corrected chi connectivity index (χ3v) is 4.83. The molecular formula is C14H16ClN5OS. The Morgan fingerprint density at radius 3 is 2.64 bits per heavy atom. The molecular weight excluding hydrogens is 322 g/mol. The standard InChI is InChI=1S/C14H16ClN5OS/c1-10(13(21)19-8-2-3-9-19)22-14-16-17-18-20(14)12-6-4-11(15)5-7-12/h4-7,10H,2-3,8-9H2,1H3/t10-/m1/s1. The summed E-state index contributed by atoms with van der Waals surface area (Å²) in [5, 5.41) is 12.8. The molecule has 2 aromatic rings. The highest BCUT2D eigenvalue weighted by atomic mass is 35.5. The summed E-state index contributed by atoms with van der Waals surface area (Å²) >= 11 is 7.27. The number of nitrogens with zero attached hydrogens (tertiary/aromatic N) is 5. The van der Waals surface area contributed by atoms with Gasteiger partial charge in [0.05, 0.1) is 10.9 Å².